The normalized spacial score (nSPS) is 27.0. The molecule has 17 heteroatoms. The highest BCUT2D eigenvalue weighted by Gasteiger charge is 2.62. The first-order valence-electron chi connectivity index (χ1n) is 21.0. The summed E-state index contributed by atoms with van der Waals surface area (Å²) in [6.07, 6.45) is 9.73. The number of halogens is 1. The Balaban J connectivity index is 1.05. The molecule has 2 aromatic carbocycles. The molecule has 3 N–H and O–H groups in total. The van der Waals surface area contributed by atoms with Crippen LogP contribution < -0.4 is 20.1 Å². The number of hydrogen-bond donors (Lipinski definition) is 3. The molecule has 0 spiro atoms. The summed E-state index contributed by atoms with van der Waals surface area (Å²) in [4.78, 5) is 62.7. The minimum absolute atomic E-state index is 0.00806. The second-order valence-corrected chi connectivity index (χ2v) is 18.7. The van der Waals surface area contributed by atoms with E-state index in [9.17, 15) is 32.0 Å². The summed E-state index contributed by atoms with van der Waals surface area (Å²) in [5, 5.41) is 10.6. The number of nitrogens with one attached hydrogen (secondary N) is 3. The van der Waals surface area contributed by atoms with Crippen molar-refractivity contribution in [3.05, 3.63) is 72.6 Å². The van der Waals surface area contributed by atoms with Gasteiger partial charge in [-0.15, -0.1) is 0 Å². The Morgan fingerprint density at radius 1 is 0.933 bits per heavy atom. The number of sulfonamides is 1. The van der Waals surface area contributed by atoms with Crippen LogP contribution in [-0.2, 0) is 29.1 Å². The Bertz CT molecular complexity index is 2470. The third-order valence-corrected chi connectivity index (χ3v) is 14.2. The smallest absolute Gasteiger partial charge is 0.408 e. The second kappa shape index (κ2) is 16.1. The van der Waals surface area contributed by atoms with Crippen LogP contribution in [0, 0.1) is 11.7 Å². The standard InChI is InChI=1S/C43H48FN7O8S/c44-28-18-16-26(17-19-28)35-23-37(51-38(45-35)32-13-8-9-14-33(32)48-51)58-30-22-36-39(52)47-43(41(54)49-60(56,57)31-20-21-31)24-27(43)10-4-2-1-3-5-15-34(40(53)50(36)25-30)46-42(55)59-29-11-6-7-12-29/h4,8-10,13-14,16-19,23,27,29-31,34,36H,1-3,5-7,11-12,15,20-22,24-25H2,(H,46,55)(H,47,52)(H,49,54)/b10-4-/t27-,30-,34+,36+,43-/m1/s1. The summed E-state index contributed by atoms with van der Waals surface area (Å²) in [6.45, 7) is -0.0676. The van der Waals surface area contributed by atoms with Gasteiger partial charge in [-0.1, -0.05) is 37.1 Å². The number of carbonyl (C=O) groups is 4. The molecule has 3 saturated carbocycles. The van der Waals surface area contributed by atoms with Gasteiger partial charge in [0, 0.05) is 29.4 Å². The molecular formula is C43H48FN7O8S. The van der Waals surface area contributed by atoms with Gasteiger partial charge in [0.25, 0.3) is 5.91 Å². The van der Waals surface area contributed by atoms with Crippen LogP contribution in [0.1, 0.15) is 83.5 Å². The maximum Gasteiger partial charge on any atom is 0.408 e. The maximum atomic E-state index is 14.7. The number of hydrogen-bond acceptors (Lipinski definition) is 10. The van der Waals surface area contributed by atoms with Gasteiger partial charge >= 0.3 is 6.09 Å². The zero-order valence-electron chi connectivity index (χ0n) is 33.1. The van der Waals surface area contributed by atoms with E-state index in [1.165, 1.54) is 17.0 Å². The lowest BCUT2D eigenvalue weighted by Crippen LogP contribution is -2.58. The number of allylic oxidation sites excluding steroid dienone is 1. The van der Waals surface area contributed by atoms with Crippen molar-refractivity contribution in [3.63, 3.8) is 0 Å². The third-order valence-electron chi connectivity index (χ3n) is 12.4. The fraction of sp³-hybridized carbons (Fsp3) is 0.488. The van der Waals surface area contributed by atoms with E-state index in [0.717, 1.165) is 43.9 Å². The SMILES string of the molecule is O=C(N[C@H]1CCCCC/C=C\[C@@H]2C[C@@]2(C(=O)NS(=O)(=O)C2CC2)NC(=O)[C@@H]2C[C@@H](Oc3cc(-c4ccc(F)cc4)nc4c5ccccc5nn34)CN2C1=O)OC1CCCC1. The van der Waals surface area contributed by atoms with Gasteiger partial charge in [-0.2, -0.15) is 9.61 Å². The van der Waals surface area contributed by atoms with Crippen LogP contribution in [0.4, 0.5) is 9.18 Å². The summed E-state index contributed by atoms with van der Waals surface area (Å²) in [7, 11) is -3.92. The highest BCUT2D eigenvalue weighted by molar-refractivity contribution is 7.91. The van der Waals surface area contributed by atoms with Crippen molar-refractivity contribution in [1.82, 2.24) is 34.9 Å². The summed E-state index contributed by atoms with van der Waals surface area (Å²) in [5.74, 6) is -2.56. The minimum Gasteiger partial charge on any atom is -0.472 e. The Labute approximate surface area is 346 Å². The summed E-state index contributed by atoms with van der Waals surface area (Å²) in [6, 6.07) is 12.8. The van der Waals surface area contributed by atoms with E-state index in [1.807, 2.05) is 36.4 Å². The molecule has 4 amide bonds. The first-order chi connectivity index (χ1) is 29.0. The Morgan fingerprint density at radius 3 is 2.48 bits per heavy atom. The molecule has 316 valence electrons. The molecule has 5 atom stereocenters. The van der Waals surface area contributed by atoms with E-state index in [-0.39, 0.29) is 31.4 Å². The van der Waals surface area contributed by atoms with Gasteiger partial charge in [0.2, 0.25) is 27.7 Å². The van der Waals surface area contributed by atoms with E-state index in [2.05, 4.69) is 15.4 Å². The third kappa shape index (κ3) is 8.15. The molecule has 0 unspecified atom stereocenters. The molecule has 4 aromatic rings. The molecule has 9 rings (SSSR count). The largest absolute Gasteiger partial charge is 0.472 e. The van der Waals surface area contributed by atoms with Gasteiger partial charge < -0.3 is 25.0 Å². The molecule has 4 fully saturated rings. The van der Waals surface area contributed by atoms with Crippen molar-refractivity contribution < 1.29 is 41.5 Å². The molecular weight excluding hydrogens is 794 g/mol. The fourth-order valence-electron chi connectivity index (χ4n) is 8.81. The van der Waals surface area contributed by atoms with Gasteiger partial charge in [0.05, 0.1) is 23.0 Å². The molecule has 60 heavy (non-hydrogen) atoms. The monoisotopic (exact) mass is 841 g/mol. The summed E-state index contributed by atoms with van der Waals surface area (Å²) < 4.78 is 56.0. The number of amides is 4. The van der Waals surface area contributed by atoms with Crippen LogP contribution >= 0.6 is 0 Å². The van der Waals surface area contributed by atoms with Crippen molar-refractivity contribution in [2.45, 2.75) is 119 Å². The molecule has 2 aromatic heterocycles. The Hall–Kier alpha value is -5.58. The number of benzene rings is 2. The number of rotatable bonds is 8. The highest BCUT2D eigenvalue weighted by atomic mass is 32.2. The number of alkyl carbamates (subject to hydrolysis) is 1. The number of fused-ring (bicyclic) bond motifs is 5. The van der Waals surface area contributed by atoms with Crippen LogP contribution in [0.2, 0.25) is 0 Å². The molecule has 0 radical (unpaired) electrons. The lowest BCUT2D eigenvalue weighted by Gasteiger charge is -2.30. The van der Waals surface area contributed by atoms with Crippen molar-refractivity contribution in [3.8, 4) is 17.1 Å². The zero-order valence-corrected chi connectivity index (χ0v) is 33.9. The molecule has 15 nitrogen and oxygen atoms in total. The van der Waals surface area contributed by atoms with Crippen molar-refractivity contribution in [2.75, 3.05) is 6.54 Å². The average Bonchev–Trinajstić information content (AvgIpc) is 4.04. The van der Waals surface area contributed by atoms with Crippen molar-refractivity contribution >= 4 is 50.4 Å². The van der Waals surface area contributed by atoms with Gasteiger partial charge in [0.1, 0.15) is 35.6 Å². The average molecular weight is 842 g/mol. The molecule has 1 saturated heterocycles. The minimum atomic E-state index is -3.92. The van der Waals surface area contributed by atoms with E-state index >= 15 is 0 Å². The predicted molar refractivity (Wildman–Crippen MR) is 217 cm³/mol. The second-order valence-electron chi connectivity index (χ2n) is 16.7. The molecule has 2 aliphatic heterocycles. The van der Waals surface area contributed by atoms with E-state index in [0.29, 0.717) is 54.5 Å². The number of aromatic nitrogens is 3. The van der Waals surface area contributed by atoms with Crippen molar-refractivity contribution in [2.24, 2.45) is 5.92 Å². The first kappa shape index (κ1) is 39.9. The van der Waals surface area contributed by atoms with Crippen molar-refractivity contribution in [1.29, 1.82) is 0 Å². The molecule has 5 aliphatic rings. The zero-order chi connectivity index (χ0) is 41.6. The topological polar surface area (TPSA) is 190 Å². The van der Waals surface area contributed by atoms with E-state index in [4.69, 9.17) is 19.6 Å². The van der Waals surface area contributed by atoms with Crippen LogP contribution in [0.5, 0.6) is 5.88 Å². The summed E-state index contributed by atoms with van der Waals surface area (Å²) in [5.41, 5.74) is 0.704. The number of carbonyl (C=O) groups excluding carboxylic acids is 4. The van der Waals surface area contributed by atoms with Gasteiger partial charge in [0.15, 0.2) is 5.65 Å². The van der Waals surface area contributed by atoms with Crippen LogP contribution in [0.15, 0.2) is 66.7 Å². The van der Waals surface area contributed by atoms with Crippen LogP contribution in [0.3, 0.4) is 0 Å². The molecule has 3 aliphatic carbocycles. The van der Waals surface area contributed by atoms with Crippen LogP contribution in [-0.4, -0.2) is 93.4 Å². The Morgan fingerprint density at radius 2 is 1.70 bits per heavy atom. The van der Waals surface area contributed by atoms with Gasteiger partial charge in [-0.25, -0.2) is 22.6 Å². The number of ether oxygens (including phenoxy) is 2. The Kier molecular flexibility index (Phi) is 10.7. The van der Waals surface area contributed by atoms with E-state index < -0.39 is 74.5 Å². The maximum absolute atomic E-state index is 14.7. The highest BCUT2D eigenvalue weighted by Crippen LogP contribution is 2.46. The molecule has 4 heterocycles. The molecule has 0 bridgehead atoms. The summed E-state index contributed by atoms with van der Waals surface area (Å²) >= 11 is 0. The fourth-order valence-corrected chi connectivity index (χ4v) is 10.2. The van der Waals surface area contributed by atoms with E-state index in [1.54, 1.807) is 22.7 Å². The van der Waals surface area contributed by atoms with Gasteiger partial charge in [-0.3, -0.25) is 19.1 Å². The predicted octanol–water partition coefficient (Wildman–Crippen LogP) is 5.08. The lowest BCUT2D eigenvalue weighted by atomic mass is 10.0. The lowest BCUT2D eigenvalue weighted by molar-refractivity contribution is -0.141. The van der Waals surface area contributed by atoms with Gasteiger partial charge in [-0.05, 0) is 101 Å². The first-order valence-corrected chi connectivity index (χ1v) is 22.6. The van der Waals surface area contributed by atoms with Crippen LogP contribution in [0.25, 0.3) is 27.8 Å². The quantitative estimate of drug-likeness (QED) is 0.202. The number of nitrogens with zero attached hydrogens (tertiary/aromatic N) is 4.